The molecule has 0 N–H and O–H groups in total. The van der Waals surface area contributed by atoms with Gasteiger partial charge in [-0.1, -0.05) is 518 Å². The molecule has 0 saturated heterocycles. The number of hydrogen-bond donors (Lipinski definition) is 0. The van der Waals surface area contributed by atoms with E-state index in [0.717, 1.165) is 138 Å². The largest absolute Gasteiger partial charge is 0.490 e. The second-order valence-electron chi connectivity index (χ2n) is 38.2. The number of nitrogens with zero attached hydrogens (tertiary/aromatic N) is 2. The van der Waals surface area contributed by atoms with Crippen LogP contribution in [0.25, 0.3) is 22.3 Å². The molecule has 0 heterocycles. The summed E-state index contributed by atoms with van der Waals surface area (Å²) in [5, 5.41) is 23.0. The molecule has 0 aliphatic heterocycles. The Hall–Kier alpha value is -4.96. The van der Waals surface area contributed by atoms with E-state index in [9.17, 15) is 10.5 Å². The van der Waals surface area contributed by atoms with Crippen LogP contribution < -0.4 is 37.9 Å². The van der Waals surface area contributed by atoms with Crippen molar-refractivity contribution >= 4 is 0 Å². The summed E-state index contributed by atoms with van der Waals surface area (Å²) in [5.74, 6) is 4.80. The van der Waals surface area contributed by atoms with Crippen LogP contribution >= 0.6 is 0 Å². The van der Waals surface area contributed by atoms with Crippen molar-refractivity contribution in [3.05, 3.63) is 35.4 Å². The molecule has 3 rings (SSSR count). The first-order valence-electron chi connectivity index (χ1n) is 55.9. The number of benzene rings is 3. The molecule has 0 fully saturated rings. The van der Waals surface area contributed by atoms with Gasteiger partial charge in [-0.3, -0.25) is 0 Å². The Morgan fingerprint density at radius 3 is 0.444 bits per heavy atom. The number of ether oxygens (including phenoxy) is 8. The SMILES string of the molecule is CCCCCCCCCCCCOc1cc(-c2cc(C#N)c(C#N)cc2-c2cc(OCCCCCCCCCCCC)c(OCCCCCCCCCCCC)c(OCCCCCCCCCCCC)c2OCCCCCCCCCCCC)c(OCCCCCCCCCCCC)c(OCCCCCCCCCCCC)c1OCCCCCCCCCCCC. The Bertz CT molecular complexity index is 2790. The first-order valence-corrected chi connectivity index (χ1v) is 55.9. The van der Waals surface area contributed by atoms with Crippen molar-refractivity contribution in [2.75, 3.05) is 52.9 Å². The molecule has 0 aromatic heterocycles. The van der Waals surface area contributed by atoms with Gasteiger partial charge in [-0.05, 0) is 86.8 Å². The maximum Gasteiger partial charge on any atom is 0.208 e. The van der Waals surface area contributed by atoms with E-state index < -0.39 is 0 Å². The minimum atomic E-state index is 0.290. The molecule has 3 aromatic carbocycles. The Labute approximate surface area is 781 Å². The lowest BCUT2D eigenvalue weighted by molar-refractivity contribution is 0.219. The molecule has 726 valence electrons. The van der Waals surface area contributed by atoms with Crippen molar-refractivity contribution in [3.63, 3.8) is 0 Å². The topological polar surface area (TPSA) is 121 Å². The van der Waals surface area contributed by atoms with Crippen LogP contribution in [0.2, 0.25) is 0 Å². The summed E-state index contributed by atoms with van der Waals surface area (Å²) < 4.78 is 59.4. The minimum absolute atomic E-state index is 0.290. The monoisotopic (exact) mass is 1750 g/mol. The number of hydrogen-bond acceptors (Lipinski definition) is 10. The van der Waals surface area contributed by atoms with Crippen LogP contribution in [0, 0.1) is 22.7 Å². The molecular weight excluding hydrogens is 1550 g/mol. The summed E-state index contributed by atoms with van der Waals surface area (Å²) in [6.45, 7) is 22.4. The highest BCUT2D eigenvalue weighted by Gasteiger charge is 2.32. The molecule has 3 aromatic rings. The van der Waals surface area contributed by atoms with Crippen molar-refractivity contribution in [2.24, 2.45) is 0 Å². The summed E-state index contributed by atoms with van der Waals surface area (Å²) >= 11 is 0. The summed E-state index contributed by atoms with van der Waals surface area (Å²) in [4.78, 5) is 0. The fourth-order valence-electron chi connectivity index (χ4n) is 18.0. The molecule has 0 spiro atoms. The highest BCUT2D eigenvalue weighted by molar-refractivity contribution is 5.94. The van der Waals surface area contributed by atoms with Gasteiger partial charge in [-0.25, -0.2) is 0 Å². The van der Waals surface area contributed by atoms with E-state index in [-0.39, 0.29) is 11.1 Å². The van der Waals surface area contributed by atoms with E-state index in [4.69, 9.17) is 37.9 Å². The number of rotatable bonds is 98. The third-order valence-corrected chi connectivity index (χ3v) is 26.3. The van der Waals surface area contributed by atoms with Crippen LogP contribution in [0.4, 0.5) is 0 Å². The number of unbranched alkanes of at least 4 members (excludes halogenated alkanes) is 72. The summed E-state index contributed by atoms with van der Waals surface area (Å²) in [6.07, 6.45) is 97.9. The van der Waals surface area contributed by atoms with Gasteiger partial charge in [0, 0.05) is 11.1 Å². The minimum Gasteiger partial charge on any atom is -0.490 e. The molecule has 0 unspecified atom stereocenters. The Morgan fingerprint density at radius 1 is 0.151 bits per heavy atom. The second kappa shape index (κ2) is 88.0. The Balaban J connectivity index is 2.61. The average Bonchev–Trinajstić information content (AvgIpc) is 0.745. The summed E-state index contributed by atoms with van der Waals surface area (Å²) in [5.41, 5.74) is 3.50. The quantitative estimate of drug-likeness (QED) is 0.0505. The lowest BCUT2D eigenvalue weighted by Gasteiger charge is -2.26. The van der Waals surface area contributed by atoms with E-state index in [2.05, 4.69) is 79.7 Å². The van der Waals surface area contributed by atoms with Crippen LogP contribution in [0.15, 0.2) is 24.3 Å². The summed E-state index contributed by atoms with van der Waals surface area (Å²) in [6, 6.07) is 13.3. The predicted molar refractivity (Wildman–Crippen MR) is 545 cm³/mol. The van der Waals surface area contributed by atoms with Crippen molar-refractivity contribution in [1.29, 1.82) is 10.5 Å². The van der Waals surface area contributed by atoms with Crippen molar-refractivity contribution < 1.29 is 37.9 Å². The maximum atomic E-state index is 11.5. The van der Waals surface area contributed by atoms with Gasteiger partial charge in [-0.2, -0.15) is 10.5 Å². The highest BCUT2D eigenvalue weighted by atomic mass is 16.6. The number of nitriles is 2. The predicted octanol–water partition coefficient (Wildman–Crippen LogP) is 39.2. The zero-order chi connectivity index (χ0) is 90.2. The van der Waals surface area contributed by atoms with Crippen LogP contribution in [-0.4, -0.2) is 52.9 Å². The van der Waals surface area contributed by atoms with Gasteiger partial charge in [-0.15, -0.1) is 0 Å². The van der Waals surface area contributed by atoms with Gasteiger partial charge in [0.2, 0.25) is 23.0 Å². The van der Waals surface area contributed by atoms with Crippen LogP contribution in [0.1, 0.15) is 580 Å². The van der Waals surface area contributed by atoms with E-state index in [1.807, 2.05) is 12.1 Å². The summed E-state index contributed by atoms with van der Waals surface area (Å²) in [7, 11) is 0. The normalized spacial score (nSPS) is 11.4. The molecule has 0 aliphatic rings. The van der Waals surface area contributed by atoms with Gasteiger partial charge in [0.05, 0.1) is 64.0 Å². The lowest BCUT2D eigenvalue weighted by atomic mass is 9.88. The van der Waals surface area contributed by atoms with Crippen LogP contribution in [-0.2, 0) is 0 Å². The van der Waals surface area contributed by atoms with Gasteiger partial charge in [0.25, 0.3) is 0 Å². The van der Waals surface area contributed by atoms with Gasteiger partial charge >= 0.3 is 0 Å². The molecule has 0 amide bonds. The van der Waals surface area contributed by atoms with Gasteiger partial charge in [0.15, 0.2) is 23.0 Å². The van der Waals surface area contributed by atoms with Crippen molar-refractivity contribution in [3.8, 4) is 80.4 Å². The third-order valence-electron chi connectivity index (χ3n) is 26.3. The molecule has 0 bridgehead atoms. The fraction of sp³-hybridized carbons (Fsp3) is 0.828. The molecule has 0 atom stereocenters. The maximum absolute atomic E-state index is 11.5. The first-order chi connectivity index (χ1) is 62.4. The van der Waals surface area contributed by atoms with Crippen LogP contribution in [0.3, 0.4) is 0 Å². The smallest absolute Gasteiger partial charge is 0.208 e. The Morgan fingerprint density at radius 2 is 0.286 bits per heavy atom. The molecule has 0 radical (unpaired) electrons. The molecular formula is C116H204N2O8. The molecule has 0 saturated carbocycles. The lowest BCUT2D eigenvalue weighted by Crippen LogP contribution is -2.11. The molecule has 10 nitrogen and oxygen atoms in total. The van der Waals surface area contributed by atoms with E-state index in [0.29, 0.717) is 98.9 Å². The van der Waals surface area contributed by atoms with Gasteiger partial charge < -0.3 is 37.9 Å². The zero-order valence-electron chi connectivity index (χ0n) is 84.7. The fourth-order valence-corrected chi connectivity index (χ4v) is 18.0. The average molecular weight is 1750 g/mol. The van der Waals surface area contributed by atoms with E-state index >= 15 is 0 Å². The van der Waals surface area contributed by atoms with Crippen molar-refractivity contribution in [1.82, 2.24) is 0 Å². The first kappa shape index (κ1) is 115. The Kier molecular flexibility index (Phi) is 80.5. The molecule has 0 aliphatic carbocycles. The molecule has 10 heteroatoms. The zero-order valence-corrected chi connectivity index (χ0v) is 84.7. The van der Waals surface area contributed by atoms with Crippen LogP contribution in [0.5, 0.6) is 46.0 Å². The van der Waals surface area contributed by atoms with E-state index in [1.54, 1.807) is 0 Å². The van der Waals surface area contributed by atoms with Crippen molar-refractivity contribution in [2.45, 2.75) is 569 Å². The molecule has 126 heavy (non-hydrogen) atoms. The highest BCUT2D eigenvalue weighted by Crippen LogP contribution is 2.57. The van der Waals surface area contributed by atoms with E-state index in [1.165, 1.54) is 398 Å². The third kappa shape index (κ3) is 59.4. The second-order valence-corrected chi connectivity index (χ2v) is 38.2. The van der Waals surface area contributed by atoms with Gasteiger partial charge in [0.1, 0.15) is 12.1 Å². The standard InChI is InChI=1S/C116H204N2O8/c1-9-17-25-33-41-49-57-65-73-81-89-119-109-99-107(111(121-91-83-75-67-59-51-43-35-27-19-11-3)115(125-95-87-79-71-63-55-47-39-31-23-15-7)113(109)123-93-85-77-69-61-53-45-37-29-21-13-5)105-97-103(101-117)104(102-118)98-106(105)108-100-110(120-90-82-74-66-58-50-42-34-26-18-10-2)114(124-94-86-78-70-62-54-46-38-30-22-14-6)116(126-96-88-80-72-64-56-48-40-32-24-16-8)112(108)122-92-84-76-68-60-52-44-36-28-20-12-4/h97-100H,9-96H2,1-8H3.